The normalized spacial score (nSPS) is 10.2. The van der Waals surface area contributed by atoms with E-state index in [-0.39, 0.29) is 17.8 Å². The zero-order chi connectivity index (χ0) is 14.7. The molecule has 0 saturated heterocycles. The molecule has 102 valence electrons. The fourth-order valence-corrected chi connectivity index (χ4v) is 1.72. The Labute approximate surface area is 113 Å². The van der Waals surface area contributed by atoms with Crippen molar-refractivity contribution in [2.45, 2.75) is 6.54 Å². The minimum absolute atomic E-state index is 0.154. The van der Waals surface area contributed by atoms with Gasteiger partial charge in [0.15, 0.2) is 0 Å². The SMILES string of the molecule is NC(=O)c1ccc(Cn2cc([N+](=O)[O-])ccc2=O)cc1. The van der Waals surface area contributed by atoms with E-state index in [4.69, 9.17) is 5.73 Å². The summed E-state index contributed by atoms with van der Waals surface area (Å²) in [5, 5.41) is 10.7. The fourth-order valence-electron chi connectivity index (χ4n) is 1.72. The quantitative estimate of drug-likeness (QED) is 0.659. The van der Waals surface area contributed by atoms with Crippen LogP contribution in [0.4, 0.5) is 5.69 Å². The summed E-state index contributed by atoms with van der Waals surface area (Å²) in [6.07, 6.45) is 1.18. The zero-order valence-corrected chi connectivity index (χ0v) is 10.4. The number of nitro groups is 1. The molecule has 2 rings (SSSR count). The molecule has 0 spiro atoms. The molecule has 0 atom stereocenters. The summed E-state index contributed by atoms with van der Waals surface area (Å²) in [4.78, 5) is 32.7. The average molecular weight is 273 g/mol. The van der Waals surface area contributed by atoms with Gasteiger partial charge in [0, 0.05) is 17.7 Å². The first-order valence-electron chi connectivity index (χ1n) is 5.71. The lowest BCUT2D eigenvalue weighted by Crippen LogP contribution is -2.19. The molecular weight excluding hydrogens is 262 g/mol. The summed E-state index contributed by atoms with van der Waals surface area (Å²) in [5.74, 6) is -0.538. The number of nitrogens with zero attached hydrogens (tertiary/aromatic N) is 2. The van der Waals surface area contributed by atoms with Gasteiger partial charge in [0.25, 0.3) is 11.2 Å². The van der Waals surface area contributed by atoms with Crippen LogP contribution in [0.3, 0.4) is 0 Å². The van der Waals surface area contributed by atoms with Gasteiger partial charge in [-0.3, -0.25) is 19.7 Å². The van der Waals surface area contributed by atoms with Gasteiger partial charge in [-0.15, -0.1) is 0 Å². The summed E-state index contributed by atoms with van der Waals surface area (Å²) < 4.78 is 1.23. The second-order valence-electron chi connectivity index (χ2n) is 4.17. The maximum Gasteiger partial charge on any atom is 0.285 e. The van der Waals surface area contributed by atoms with Crippen LogP contribution in [0, 0.1) is 10.1 Å². The maximum absolute atomic E-state index is 11.6. The molecular formula is C13H11N3O4. The Balaban J connectivity index is 2.29. The lowest BCUT2D eigenvalue weighted by Gasteiger charge is -2.06. The second-order valence-corrected chi connectivity index (χ2v) is 4.17. The molecule has 0 aliphatic rings. The van der Waals surface area contributed by atoms with E-state index in [0.717, 1.165) is 17.7 Å². The number of rotatable bonds is 4. The number of pyridine rings is 1. The van der Waals surface area contributed by atoms with Crippen molar-refractivity contribution in [3.05, 3.63) is 74.2 Å². The Kier molecular flexibility index (Phi) is 3.60. The third-order valence-electron chi connectivity index (χ3n) is 2.77. The van der Waals surface area contributed by atoms with Gasteiger partial charge in [0.2, 0.25) is 5.91 Å². The number of aromatic nitrogens is 1. The smallest absolute Gasteiger partial charge is 0.285 e. The highest BCUT2D eigenvalue weighted by molar-refractivity contribution is 5.92. The van der Waals surface area contributed by atoms with Crippen LogP contribution >= 0.6 is 0 Å². The van der Waals surface area contributed by atoms with Crippen molar-refractivity contribution < 1.29 is 9.72 Å². The number of carbonyl (C=O) groups excluding carboxylic acids is 1. The Morgan fingerprint density at radius 2 is 1.85 bits per heavy atom. The van der Waals surface area contributed by atoms with Crippen molar-refractivity contribution in [1.29, 1.82) is 0 Å². The van der Waals surface area contributed by atoms with Gasteiger partial charge in [0.05, 0.1) is 17.7 Å². The Bertz CT molecular complexity index is 719. The van der Waals surface area contributed by atoms with E-state index in [1.54, 1.807) is 24.3 Å². The van der Waals surface area contributed by atoms with E-state index < -0.39 is 10.8 Å². The maximum atomic E-state index is 11.6. The molecule has 2 aromatic rings. The fraction of sp³-hybridized carbons (Fsp3) is 0.0769. The molecule has 7 heteroatoms. The predicted molar refractivity (Wildman–Crippen MR) is 71.4 cm³/mol. The molecule has 0 bridgehead atoms. The predicted octanol–water partition coefficient (Wildman–Crippen LogP) is 0.904. The molecule has 20 heavy (non-hydrogen) atoms. The van der Waals surface area contributed by atoms with E-state index in [1.165, 1.54) is 10.8 Å². The lowest BCUT2D eigenvalue weighted by molar-refractivity contribution is -0.385. The van der Waals surface area contributed by atoms with E-state index in [9.17, 15) is 19.7 Å². The van der Waals surface area contributed by atoms with Crippen molar-refractivity contribution in [2.75, 3.05) is 0 Å². The van der Waals surface area contributed by atoms with Crippen molar-refractivity contribution in [3.63, 3.8) is 0 Å². The van der Waals surface area contributed by atoms with Crippen LogP contribution in [0.5, 0.6) is 0 Å². The van der Waals surface area contributed by atoms with E-state index in [0.29, 0.717) is 5.56 Å². The highest BCUT2D eigenvalue weighted by Crippen LogP contribution is 2.09. The lowest BCUT2D eigenvalue weighted by atomic mass is 10.1. The van der Waals surface area contributed by atoms with E-state index in [1.807, 2.05) is 0 Å². The first-order valence-corrected chi connectivity index (χ1v) is 5.71. The topological polar surface area (TPSA) is 108 Å². The molecule has 0 aliphatic carbocycles. The average Bonchev–Trinajstić information content (AvgIpc) is 2.41. The number of primary amides is 1. The molecule has 0 saturated carbocycles. The van der Waals surface area contributed by atoms with Crippen molar-refractivity contribution >= 4 is 11.6 Å². The van der Waals surface area contributed by atoms with Gasteiger partial charge >= 0.3 is 0 Å². The zero-order valence-electron chi connectivity index (χ0n) is 10.4. The van der Waals surface area contributed by atoms with Gasteiger partial charge in [-0.25, -0.2) is 0 Å². The van der Waals surface area contributed by atoms with Gasteiger partial charge < -0.3 is 10.3 Å². The largest absolute Gasteiger partial charge is 0.366 e. The molecule has 1 aromatic heterocycles. The minimum atomic E-state index is -0.563. The molecule has 1 heterocycles. The molecule has 1 aromatic carbocycles. The second kappa shape index (κ2) is 5.35. The van der Waals surface area contributed by atoms with E-state index in [2.05, 4.69) is 0 Å². The number of hydrogen-bond donors (Lipinski definition) is 1. The molecule has 1 amide bonds. The van der Waals surface area contributed by atoms with Crippen LogP contribution in [0.25, 0.3) is 0 Å². The Hall–Kier alpha value is -2.96. The molecule has 2 N–H and O–H groups in total. The number of benzene rings is 1. The summed E-state index contributed by atoms with van der Waals surface area (Å²) in [6, 6.07) is 8.68. The molecule has 0 radical (unpaired) electrons. The number of nitrogens with two attached hydrogens (primary N) is 1. The van der Waals surface area contributed by atoms with Crippen LogP contribution in [0.2, 0.25) is 0 Å². The Morgan fingerprint density at radius 1 is 1.20 bits per heavy atom. The monoisotopic (exact) mass is 273 g/mol. The molecule has 7 nitrogen and oxygen atoms in total. The first kappa shape index (κ1) is 13.5. The molecule has 0 aliphatic heterocycles. The molecule has 0 fully saturated rings. The number of carbonyl (C=O) groups is 1. The van der Waals surface area contributed by atoms with Crippen molar-refractivity contribution in [3.8, 4) is 0 Å². The minimum Gasteiger partial charge on any atom is -0.366 e. The highest BCUT2D eigenvalue weighted by Gasteiger charge is 2.08. The highest BCUT2D eigenvalue weighted by atomic mass is 16.6. The molecule has 0 unspecified atom stereocenters. The third kappa shape index (κ3) is 2.89. The number of hydrogen-bond acceptors (Lipinski definition) is 4. The number of amides is 1. The van der Waals surface area contributed by atoms with Gasteiger partial charge in [-0.1, -0.05) is 12.1 Å². The summed E-state index contributed by atoms with van der Waals surface area (Å²) in [7, 11) is 0. The van der Waals surface area contributed by atoms with Gasteiger partial charge in [-0.2, -0.15) is 0 Å². The summed E-state index contributed by atoms with van der Waals surface area (Å²) >= 11 is 0. The van der Waals surface area contributed by atoms with Gasteiger partial charge in [0.1, 0.15) is 0 Å². The van der Waals surface area contributed by atoms with Gasteiger partial charge in [-0.05, 0) is 17.7 Å². The van der Waals surface area contributed by atoms with E-state index >= 15 is 0 Å². The standard InChI is InChI=1S/C13H11N3O4/c14-13(18)10-3-1-9(2-4-10)7-15-8-11(16(19)20)5-6-12(15)17/h1-6,8H,7H2,(H2,14,18). The summed E-state index contributed by atoms with van der Waals surface area (Å²) in [6.45, 7) is 0.180. The van der Waals surface area contributed by atoms with Crippen molar-refractivity contribution in [2.24, 2.45) is 5.73 Å². The van der Waals surface area contributed by atoms with Crippen LogP contribution in [0.15, 0.2) is 47.4 Å². The van der Waals surface area contributed by atoms with Crippen molar-refractivity contribution in [1.82, 2.24) is 4.57 Å². The summed E-state index contributed by atoms with van der Waals surface area (Å²) in [5.41, 5.74) is 5.73. The first-order chi connectivity index (χ1) is 9.47. The van der Waals surface area contributed by atoms with Crippen LogP contribution < -0.4 is 11.3 Å². The van der Waals surface area contributed by atoms with Crippen LogP contribution in [-0.4, -0.2) is 15.4 Å². The van der Waals surface area contributed by atoms with Crippen LogP contribution in [0.1, 0.15) is 15.9 Å². The third-order valence-corrected chi connectivity index (χ3v) is 2.77. The Morgan fingerprint density at radius 3 is 2.40 bits per heavy atom. The van der Waals surface area contributed by atoms with Crippen LogP contribution in [-0.2, 0) is 6.54 Å².